The van der Waals surface area contributed by atoms with Gasteiger partial charge < -0.3 is 19.3 Å². The topological polar surface area (TPSA) is 65.0 Å². The monoisotopic (exact) mass is 216 g/mol. The maximum Gasteiger partial charge on any atom is 0.306 e. The summed E-state index contributed by atoms with van der Waals surface area (Å²) in [7, 11) is 0. The Bertz CT molecular complexity index is 228. The molecular weight excluding hydrogens is 200 g/mol. The predicted octanol–water partition coefficient (Wildman–Crippen LogP) is 0.433. The molecule has 1 heterocycles. The Morgan fingerprint density at radius 3 is 3.00 bits per heavy atom. The average Bonchev–Trinajstić information content (AvgIpc) is 2.61. The first-order valence-corrected chi connectivity index (χ1v) is 4.90. The molecule has 1 aliphatic rings. The molecule has 5 heteroatoms. The van der Waals surface area contributed by atoms with Gasteiger partial charge in [0.15, 0.2) is 0 Å². The van der Waals surface area contributed by atoms with Gasteiger partial charge in [-0.25, -0.2) is 0 Å². The Kier molecular flexibility index (Phi) is 4.74. The second kappa shape index (κ2) is 5.85. The minimum Gasteiger partial charge on any atom is -0.466 e. The van der Waals surface area contributed by atoms with Crippen molar-refractivity contribution < 1.29 is 24.1 Å². The minimum absolute atomic E-state index is 0.193. The maximum absolute atomic E-state index is 11.2. The number of carbonyl (C=O) groups is 1. The summed E-state index contributed by atoms with van der Waals surface area (Å²) in [5.41, 5.74) is 0. The van der Waals surface area contributed by atoms with Gasteiger partial charge in [-0.2, -0.15) is 0 Å². The summed E-state index contributed by atoms with van der Waals surface area (Å²) >= 11 is 0. The average molecular weight is 216 g/mol. The SMILES string of the molecule is C=C[C@H](CC(=O)OCC)[C@H]1COC(O)O1. The number of aliphatic hydroxyl groups is 1. The molecule has 0 aromatic carbocycles. The van der Waals surface area contributed by atoms with Crippen LogP contribution in [-0.4, -0.2) is 36.9 Å². The number of hydrogen-bond donors (Lipinski definition) is 1. The van der Waals surface area contributed by atoms with Crippen LogP contribution in [0.3, 0.4) is 0 Å². The van der Waals surface area contributed by atoms with Gasteiger partial charge in [-0.15, -0.1) is 6.58 Å². The lowest BCUT2D eigenvalue weighted by Gasteiger charge is -2.16. The van der Waals surface area contributed by atoms with Gasteiger partial charge in [-0.1, -0.05) is 6.08 Å². The van der Waals surface area contributed by atoms with Crippen molar-refractivity contribution in [3.8, 4) is 0 Å². The quantitative estimate of drug-likeness (QED) is 0.533. The van der Waals surface area contributed by atoms with Crippen molar-refractivity contribution >= 4 is 5.97 Å². The van der Waals surface area contributed by atoms with Crippen LogP contribution in [0, 0.1) is 5.92 Å². The van der Waals surface area contributed by atoms with E-state index in [2.05, 4.69) is 6.58 Å². The largest absolute Gasteiger partial charge is 0.466 e. The number of esters is 1. The molecule has 3 atom stereocenters. The summed E-state index contributed by atoms with van der Waals surface area (Å²) in [6.45, 7) is 4.79. The molecule has 0 spiro atoms. The Hall–Kier alpha value is -0.910. The van der Waals surface area contributed by atoms with Gasteiger partial charge in [0, 0.05) is 5.92 Å². The van der Waals surface area contributed by atoms with E-state index >= 15 is 0 Å². The first-order chi connectivity index (χ1) is 7.17. The molecule has 1 rings (SSSR count). The molecule has 5 nitrogen and oxygen atoms in total. The third-order valence-corrected chi connectivity index (χ3v) is 2.18. The summed E-state index contributed by atoms with van der Waals surface area (Å²) in [5, 5.41) is 8.99. The molecule has 0 aromatic rings. The molecule has 1 aliphatic heterocycles. The van der Waals surface area contributed by atoms with Crippen molar-refractivity contribution in [1.29, 1.82) is 0 Å². The van der Waals surface area contributed by atoms with Crippen LogP contribution < -0.4 is 0 Å². The van der Waals surface area contributed by atoms with Crippen LogP contribution in [0.25, 0.3) is 0 Å². The van der Waals surface area contributed by atoms with E-state index in [1.54, 1.807) is 13.0 Å². The summed E-state index contributed by atoms with van der Waals surface area (Å²) in [4.78, 5) is 11.2. The second-order valence-electron chi connectivity index (χ2n) is 3.22. The highest BCUT2D eigenvalue weighted by molar-refractivity contribution is 5.70. The zero-order valence-electron chi connectivity index (χ0n) is 8.72. The van der Waals surface area contributed by atoms with Crippen LogP contribution in [-0.2, 0) is 19.0 Å². The fourth-order valence-corrected chi connectivity index (χ4v) is 1.41. The Balaban J connectivity index is 2.41. The molecule has 1 unspecified atom stereocenters. The first kappa shape index (κ1) is 12.2. The molecule has 0 bridgehead atoms. The smallest absolute Gasteiger partial charge is 0.306 e. The van der Waals surface area contributed by atoms with E-state index in [-0.39, 0.29) is 31.0 Å². The lowest BCUT2D eigenvalue weighted by molar-refractivity contribution is -0.207. The number of aliphatic hydroxyl groups excluding tert-OH is 1. The van der Waals surface area contributed by atoms with Crippen LogP contribution >= 0.6 is 0 Å². The van der Waals surface area contributed by atoms with Crippen LogP contribution in [0.15, 0.2) is 12.7 Å². The molecule has 1 N–H and O–H groups in total. The highest BCUT2D eigenvalue weighted by Gasteiger charge is 2.31. The summed E-state index contributed by atoms with van der Waals surface area (Å²) in [5.74, 6) is -0.492. The summed E-state index contributed by atoms with van der Waals surface area (Å²) in [6.07, 6.45) is 1.48. The molecule has 0 radical (unpaired) electrons. The zero-order chi connectivity index (χ0) is 11.3. The van der Waals surface area contributed by atoms with Gasteiger partial charge >= 0.3 is 5.97 Å². The molecule has 0 aromatic heterocycles. The highest BCUT2D eigenvalue weighted by atomic mass is 16.8. The Morgan fingerprint density at radius 1 is 1.80 bits per heavy atom. The van der Waals surface area contributed by atoms with Crippen LogP contribution in [0.1, 0.15) is 13.3 Å². The van der Waals surface area contributed by atoms with Gasteiger partial charge in [-0.3, -0.25) is 4.79 Å². The van der Waals surface area contributed by atoms with E-state index in [0.717, 1.165) is 0 Å². The van der Waals surface area contributed by atoms with Crippen molar-refractivity contribution in [2.45, 2.75) is 25.9 Å². The third-order valence-electron chi connectivity index (χ3n) is 2.18. The number of rotatable bonds is 5. The van der Waals surface area contributed by atoms with Crippen molar-refractivity contribution in [2.75, 3.05) is 13.2 Å². The lowest BCUT2D eigenvalue weighted by Crippen LogP contribution is -2.25. The van der Waals surface area contributed by atoms with Crippen LogP contribution in [0.5, 0.6) is 0 Å². The molecular formula is C10H16O5. The van der Waals surface area contributed by atoms with Crippen molar-refractivity contribution in [3.63, 3.8) is 0 Å². The maximum atomic E-state index is 11.2. The number of hydrogen-bond acceptors (Lipinski definition) is 5. The van der Waals surface area contributed by atoms with Gasteiger partial charge in [0.2, 0.25) is 0 Å². The van der Waals surface area contributed by atoms with Gasteiger partial charge in [0.25, 0.3) is 6.48 Å². The van der Waals surface area contributed by atoms with E-state index in [4.69, 9.17) is 19.3 Å². The highest BCUT2D eigenvalue weighted by Crippen LogP contribution is 2.21. The normalized spacial score (nSPS) is 27.3. The Labute approximate surface area is 88.6 Å². The van der Waals surface area contributed by atoms with Crippen LogP contribution in [0.4, 0.5) is 0 Å². The first-order valence-electron chi connectivity index (χ1n) is 4.90. The molecule has 1 fully saturated rings. The van der Waals surface area contributed by atoms with Crippen molar-refractivity contribution in [2.24, 2.45) is 5.92 Å². The molecule has 1 saturated heterocycles. The van der Waals surface area contributed by atoms with E-state index in [1.165, 1.54) is 0 Å². The molecule has 15 heavy (non-hydrogen) atoms. The predicted molar refractivity (Wildman–Crippen MR) is 51.8 cm³/mol. The summed E-state index contributed by atoms with van der Waals surface area (Å²) < 4.78 is 14.7. The van der Waals surface area contributed by atoms with E-state index in [1.807, 2.05) is 0 Å². The summed E-state index contributed by atoms with van der Waals surface area (Å²) in [6, 6.07) is 0. The molecule has 86 valence electrons. The van der Waals surface area contributed by atoms with Gasteiger partial charge in [-0.05, 0) is 6.92 Å². The third kappa shape index (κ3) is 3.62. The van der Waals surface area contributed by atoms with Crippen molar-refractivity contribution in [3.05, 3.63) is 12.7 Å². The second-order valence-corrected chi connectivity index (χ2v) is 3.22. The zero-order valence-corrected chi connectivity index (χ0v) is 8.72. The number of carbonyl (C=O) groups excluding carboxylic acids is 1. The van der Waals surface area contributed by atoms with E-state index in [0.29, 0.717) is 6.61 Å². The van der Waals surface area contributed by atoms with Crippen LogP contribution in [0.2, 0.25) is 0 Å². The number of ether oxygens (including phenoxy) is 3. The molecule has 0 aliphatic carbocycles. The molecule has 0 saturated carbocycles. The minimum atomic E-state index is -1.19. The fraction of sp³-hybridized carbons (Fsp3) is 0.700. The standard InChI is InChI=1S/C10H16O5/c1-3-7(5-9(11)13-4-2)8-6-14-10(12)15-8/h3,7-8,10,12H,1,4-6H2,2H3/t7-,8-,10?/m1/s1. The Morgan fingerprint density at radius 2 is 2.53 bits per heavy atom. The van der Waals surface area contributed by atoms with E-state index in [9.17, 15) is 4.79 Å². The lowest BCUT2D eigenvalue weighted by atomic mass is 9.99. The van der Waals surface area contributed by atoms with Gasteiger partial charge in [0.1, 0.15) is 0 Å². The van der Waals surface area contributed by atoms with Crippen molar-refractivity contribution in [1.82, 2.24) is 0 Å². The fourth-order valence-electron chi connectivity index (χ4n) is 1.41. The van der Waals surface area contributed by atoms with Gasteiger partial charge in [0.05, 0.1) is 25.7 Å². The van der Waals surface area contributed by atoms with E-state index < -0.39 is 6.48 Å². The molecule has 0 amide bonds.